The van der Waals surface area contributed by atoms with Gasteiger partial charge in [-0.3, -0.25) is 4.79 Å². The summed E-state index contributed by atoms with van der Waals surface area (Å²) < 4.78 is 6.99. The number of halogens is 1. The number of aryl methyl sites for hydroxylation is 2. The summed E-state index contributed by atoms with van der Waals surface area (Å²) in [6, 6.07) is 12.1. The van der Waals surface area contributed by atoms with Crippen LogP contribution in [-0.2, 0) is 11.4 Å². The van der Waals surface area contributed by atoms with E-state index in [1.165, 1.54) is 5.56 Å². The number of carbonyl (C=O) groups is 1. The molecule has 3 nitrogen and oxygen atoms in total. The van der Waals surface area contributed by atoms with E-state index in [4.69, 9.17) is 4.74 Å². The van der Waals surface area contributed by atoms with Crippen molar-refractivity contribution in [2.45, 2.75) is 40.7 Å². The molecule has 0 atom stereocenters. The first-order valence-electron chi connectivity index (χ1n) is 8.25. The Hall–Kier alpha value is -1.81. The van der Waals surface area contributed by atoms with Crippen LogP contribution in [0.4, 0.5) is 5.69 Å². The standard InChI is InChI=1S/C20H24BrNO2/c1-5-20(23)22(6-2)18-9-7-8-17(21)16(18)13-24-19-11-10-14(3)12-15(19)4/h7-12H,5-6,13H2,1-4H3. The van der Waals surface area contributed by atoms with Gasteiger partial charge in [0.25, 0.3) is 0 Å². The second-order valence-corrected chi connectivity index (χ2v) is 6.64. The predicted octanol–water partition coefficient (Wildman–Crippen LogP) is 5.41. The van der Waals surface area contributed by atoms with Crippen LogP contribution in [0.2, 0.25) is 0 Å². The molecule has 2 aromatic rings. The van der Waals surface area contributed by atoms with Crippen molar-refractivity contribution in [1.29, 1.82) is 0 Å². The van der Waals surface area contributed by atoms with Gasteiger partial charge in [-0.15, -0.1) is 0 Å². The first-order valence-corrected chi connectivity index (χ1v) is 9.05. The molecule has 0 unspecified atom stereocenters. The molecule has 0 aromatic heterocycles. The van der Waals surface area contributed by atoms with E-state index in [1.54, 1.807) is 0 Å². The third-order valence-electron chi connectivity index (χ3n) is 4.01. The Balaban J connectivity index is 2.31. The zero-order valence-electron chi connectivity index (χ0n) is 14.7. The SMILES string of the molecule is CCC(=O)N(CC)c1cccc(Br)c1COc1ccc(C)cc1C. The lowest BCUT2D eigenvalue weighted by molar-refractivity contribution is -0.118. The van der Waals surface area contributed by atoms with E-state index in [9.17, 15) is 4.79 Å². The number of nitrogens with zero attached hydrogens (tertiary/aromatic N) is 1. The van der Waals surface area contributed by atoms with Gasteiger partial charge in [-0.1, -0.05) is 46.6 Å². The van der Waals surface area contributed by atoms with Crippen molar-refractivity contribution in [3.63, 3.8) is 0 Å². The highest BCUT2D eigenvalue weighted by Gasteiger charge is 2.18. The topological polar surface area (TPSA) is 29.5 Å². The molecule has 0 aliphatic rings. The highest BCUT2D eigenvalue weighted by atomic mass is 79.9. The van der Waals surface area contributed by atoms with Crippen LogP contribution in [0.25, 0.3) is 0 Å². The molecule has 0 bridgehead atoms. The van der Waals surface area contributed by atoms with Crippen molar-refractivity contribution in [1.82, 2.24) is 0 Å². The quantitative estimate of drug-likeness (QED) is 0.660. The molecule has 0 aliphatic carbocycles. The van der Waals surface area contributed by atoms with Gasteiger partial charge >= 0.3 is 0 Å². The summed E-state index contributed by atoms with van der Waals surface area (Å²) in [6.45, 7) is 9.03. The molecule has 0 heterocycles. The Bertz CT molecular complexity index is 728. The van der Waals surface area contributed by atoms with E-state index in [1.807, 2.05) is 56.0 Å². The first kappa shape index (κ1) is 18.5. The van der Waals surface area contributed by atoms with E-state index in [0.29, 0.717) is 19.6 Å². The van der Waals surface area contributed by atoms with Gasteiger partial charge < -0.3 is 9.64 Å². The minimum atomic E-state index is 0.114. The predicted molar refractivity (Wildman–Crippen MR) is 103 cm³/mol. The third kappa shape index (κ3) is 4.18. The molecule has 24 heavy (non-hydrogen) atoms. The molecule has 1 amide bonds. The van der Waals surface area contributed by atoms with Crippen molar-refractivity contribution in [2.24, 2.45) is 0 Å². The summed E-state index contributed by atoms with van der Waals surface area (Å²) in [7, 11) is 0. The van der Waals surface area contributed by atoms with Crippen molar-refractivity contribution < 1.29 is 9.53 Å². The Labute approximate surface area is 152 Å². The van der Waals surface area contributed by atoms with Gasteiger partial charge in [-0.05, 0) is 44.5 Å². The molecule has 0 radical (unpaired) electrons. The number of hydrogen-bond donors (Lipinski definition) is 0. The highest BCUT2D eigenvalue weighted by molar-refractivity contribution is 9.10. The number of anilines is 1. The lowest BCUT2D eigenvalue weighted by Crippen LogP contribution is -2.31. The summed E-state index contributed by atoms with van der Waals surface area (Å²) in [4.78, 5) is 14.1. The molecule has 0 saturated heterocycles. The molecular formula is C20H24BrNO2. The van der Waals surface area contributed by atoms with Crippen LogP contribution < -0.4 is 9.64 Å². The fourth-order valence-electron chi connectivity index (χ4n) is 2.73. The summed E-state index contributed by atoms with van der Waals surface area (Å²) in [5.74, 6) is 0.982. The molecular weight excluding hydrogens is 366 g/mol. The van der Waals surface area contributed by atoms with E-state index in [-0.39, 0.29) is 5.91 Å². The fraction of sp³-hybridized carbons (Fsp3) is 0.350. The van der Waals surface area contributed by atoms with Crippen molar-refractivity contribution in [3.05, 3.63) is 57.6 Å². The lowest BCUT2D eigenvalue weighted by Gasteiger charge is -2.24. The molecule has 0 saturated carbocycles. The normalized spacial score (nSPS) is 10.5. The number of rotatable bonds is 6. The zero-order valence-corrected chi connectivity index (χ0v) is 16.3. The Morgan fingerprint density at radius 3 is 2.54 bits per heavy atom. The molecule has 2 aromatic carbocycles. The van der Waals surface area contributed by atoms with Crippen LogP contribution in [-0.4, -0.2) is 12.5 Å². The average Bonchev–Trinajstić information content (AvgIpc) is 2.56. The molecule has 0 spiro atoms. The second-order valence-electron chi connectivity index (χ2n) is 5.79. The largest absolute Gasteiger partial charge is 0.489 e. The minimum absolute atomic E-state index is 0.114. The van der Waals surface area contributed by atoms with Gasteiger partial charge in [-0.2, -0.15) is 0 Å². The first-order chi connectivity index (χ1) is 11.5. The molecule has 0 aliphatic heterocycles. The molecule has 4 heteroatoms. The van der Waals surface area contributed by atoms with E-state index < -0.39 is 0 Å². The smallest absolute Gasteiger partial charge is 0.226 e. The van der Waals surface area contributed by atoms with Crippen LogP contribution in [0.15, 0.2) is 40.9 Å². The van der Waals surface area contributed by atoms with E-state index in [0.717, 1.165) is 27.0 Å². The fourth-order valence-corrected chi connectivity index (χ4v) is 3.20. The van der Waals surface area contributed by atoms with Crippen molar-refractivity contribution >= 4 is 27.5 Å². The van der Waals surface area contributed by atoms with Gasteiger partial charge in [0.1, 0.15) is 12.4 Å². The maximum atomic E-state index is 12.2. The molecule has 2 rings (SSSR count). The van der Waals surface area contributed by atoms with Crippen LogP contribution >= 0.6 is 15.9 Å². The maximum Gasteiger partial charge on any atom is 0.226 e. The van der Waals surface area contributed by atoms with Crippen molar-refractivity contribution in [2.75, 3.05) is 11.4 Å². The van der Waals surface area contributed by atoms with Gasteiger partial charge in [-0.25, -0.2) is 0 Å². The number of hydrogen-bond acceptors (Lipinski definition) is 2. The van der Waals surface area contributed by atoms with Crippen LogP contribution in [0, 0.1) is 13.8 Å². The van der Waals surface area contributed by atoms with E-state index >= 15 is 0 Å². The van der Waals surface area contributed by atoms with Gasteiger partial charge in [0, 0.05) is 23.0 Å². The van der Waals surface area contributed by atoms with Crippen LogP contribution in [0.5, 0.6) is 5.75 Å². The molecule has 0 N–H and O–H groups in total. The molecule has 128 valence electrons. The number of carbonyl (C=O) groups excluding carboxylic acids is 1. The Kier molecular flexibility index (Phi) is 6.44. The number of benzene rings is 2. The van der Waals surface area contributed by atoms with Gasteiger partial charge in [0.15, 0.2) is 0 Å². The summed E-state index contributed by atoms with van der Waals surface area (Å²) in [5.41, 5.74) is 4.22. The van der Waals surface area contributed by atoms with Gasteiger partial charge in [0.05, 0.1) is 5.69 Å². The highest BCUT2D eigenvalue weighted by Crippen LogP contribution is 2.30. The Morgan fingerprint density at radius 1 is 1.17 bits per heavy atom. The maximum absolute atomic E-state index is 12.2. The number of ether oxygens (including phenoxy) is 1. The van der Waals surface area contributed by atoms with Crippen molar-refractivity contribution in [3.8, 4) is 5.75 Å². The lowest BCUT2D eigenvalue weighted by atomic mass is 10.1. The zero-order chi connectivity index (χ0) is 17.7. The Morgan fingerprint density at radius 2 is 1.92 bits per heavy atom. The monoisotopic (exact) mass is 389 g/mol. The summed E-state index contributed by atoms with van der Waals surface area (Å²) in [5, 5.41) is 0. The minimum Gasteiger partial charge on any atom is -0.489 e. The second kappa shape index (κ2) is 8.34. The van der Waals surface area contributed by atoms with Crippen LogP contribution in [0.3, 0.4) is 0 Å². The summed E-state index contributed by atoms with van der Waals surface area (Å²) in [6.07, 6.45) is 0.484. The number of amides is 1. The summed E-state index contributed by atoms with van der Waals surface area (Å²) >= 11 is 3.60. The average molecular weight is 390 g/mol. The van der Waals surface area contributed by atoms with E-state index in [2.05, 4.69) is 28.9 Å². The third-order valence-corrected chi connectivity index (χ3v) is 4.75. The molecule has 0 fully saturated rings. The van der Waals surface area contributed by atoms with Gasteiger partial charge in [0.2, 0.25) is 5.91 Å². The van der Waals surface area contributed by atoms with Crippen LogP contribution in [0.1, 0.15) is 37.0 Å².